The molecule has 0 spiro atoms. The first-order valence-electron chi connectivity index (χ1n) is 9.66. The number of aromatic nitrogens is 2. The van der Waals surface area contributed by atoms with Crippen LogP contribution in [0.4, 0.5) is 0 Å². The number of nitrogens with zero attached hydrogens (tertiary/aromatic N) is 3. The number of aliphatic hydroxyl groups excluding tert-OH is 1. The van der Waals surface area contributed by atoms with E-state index in [1.807, 2.05) is 24.3 Å². The lowest BCUT2D eigenvalue weighted by atomic mass is 10.1. The number of carbonyl (C=O) groups is 2. The van der Waals surface area contributed by atoms with Crippen LogP contribution in [0.3, 0.4) is 0 Å². The van der Waals surface area contributed by atoms with E-state index in [4.69, 9.17) is 8.94 Å². The Labute approximate surface area is 172 Å². The molecule has 4 rings (SSSR count). The van der Waals surface area contributed by atoms with E-state index in [-0.39, 0.29) is 31.2 Å². The monoisotopic (exact) mass is 410 g/mol. The topological polar surface area (TPSA) is 122 Å². The van der Waals surface area contributed by atoms with E-state index in [0.717, 1.165) is 11.1 Å². The molecule has 1 aromatic carbocycles. The molecule has 1 aliphatic rings. The van der Waals surface area contributed by atoms with Gasteiger partial charge in [0.1, 0.15) is 18.1 Å². The third kappa shape index (κ3) is 4.41. The molecule has 156 valence electrons. The zero-order chi connectivity index (χ0) is 21.1. The summed E-state index contributed by atoms with van der Waals surface area (Å²) in [7, 11) is 0. The number of amides is 2. The van der Waals surface area contributed by atoms with E-state index in [1.54, 1.807) is 19.2 Å². The predicted molar refractivity (Wildman–Crippen MR) is 105 cm³/mol. The minimum Gasteiger partial charge on any atom is -0.445 e. The summed E-state index contributed by atoms with van der Waals surface area (Å²) >= 11 is 0. The summed E-state index contributed by atoms with van der Waals surface area (Å²) in [6.45, 7) is 2.19. The van der Waals surface area contributed by atoms with E-state index in [2.05, 4.69) is 15.5 Å². The molecule has 3 aromatic rings. The van der Waals surface area contributed by atoms with Crippen molar-refractivity contribution in [3.8, 4) is 11.5 Å². The fraction of sp³-hybridized carbons (Fsp3) is 0.333. The van der Waals surface area contributed by atoms with Crippen molar-refractivity contribution >= 4 is 11.8 Å². The summed E-state index contributed by atoms with van der Waals surface area (Å²) < 4.78 is 10.3. The summed E-state index contributed by atoms with van der Waals surface area (Å²) in [6.07, 6.45) is 2.56. The quantitative estimate of drug-likeness (QED) is 0.631. The van der Waals surface area contributed by atoms with Crippen molar-refractivity contribution in [2.45, 2.75) is 38.5 Å². The molecule has 1 aliphatic heterocycles. The normalized spacial score (nSPS) is 18.5. The summed E-state index contributed by atoms with van der Waals surface area (Å²) in [6, 6.07) is 8.44. The van der Waals surface area contributed by atoms with Crippen LogP contribution in [0, 0.1) is 6.92 Å². The van der Waals surface area contributed by atoms with Gasteiger partial charge in [-0.25, -0.2) is 4.98 Å². The average molecular weight is 410 g/mol. The largest absolute Gasteiger partial charge is 0.445 e. The second-order valence-electron chi connectivity index (χ2n) is 7.31. The number of aliphatic hydroxyl groups is 1. The molecule has 0 bridgehead atoms. The maximum absolute atomic E-state index is 12.7. The van der Waals surface area contributed by atoms with Crippen LogP contribution < -0.4 is 5.32 Å². The highest BCUT2D eigenvalue weighted by Crippen LogP contribution is 2.21. The van der Waals surface area contributed by atoms with Gasteiger partial charge < -0.3 is 24.3 Å². The minimum atomic E-state index is -0.735. The van der Waals surface area contributed by atoms with Crippen LogP contribution in [0.25, 0.3) is 11.5 Å². The highest BCUT2D eigenvalue weighted by molar-refractivity contribution is 5.89. The number of rotatable bonds is 6. The van der Waals surface area contributed by atoms with Gasteiger partial charge in [0.15, 0.2) is 0 Å². The number of hydrogen-bond donors (Lipinski definition) is 2. The molecule has 0 saturated carbocycles. The molecule has 2 aromatic heterocycles. The van der Waals surface area contributed by atoms with Gasteiger partial charge in [0.05, 0.1) is 24.4 Å². The van der Waals surface area contributed by atoms with Crippen molar-refractivity contribution in [1.82, 2.24) is 20.4 Å². The highest BCUT2D eigenvalue weighted by atomic mass is 16.5. The molecule has 9 heteroatoms. The van der Waals surface area contributed by atoms with Gasteiger partial charge in [-0.2, -0.15) is 0 Å². The average Bonchev–Trinajstić information content (AvgIpc) is 3.48. The lowest BCUT2D eigenvalue weighted by Crippen LogP contribution is -2.46. The van der Waals surface area contributed by atoms with Gasteiger partial charge in [0.2, 0.25) is 17.7 Å². The van der Waals surface area contributed by atoms with E-state index in [1.165, 1.54) is 11.2 Å². The smallest absolute Gasteiger partial charge is 0.243 e. The Morgan fingerprint density at radius 1 is 1.30 bits per heavy atom. The van der Waals surface area contributed by atoms with Crippen molar-refractivity contribution in [2.75, 3.05) is 6.54 Å². The van der Waals surface area contributed by atoms with Gasteiger partial charge >= 0.3 is 0 Å². The number of aryl methyl sites for hydroxylation is 1. The van der Waals surface area contributed by atoms with Crippen LogP contribution in [0.2, 0.25) is 0 Å². The second kappa shape index (κ2) is 8.50. The van der Waals surface area contributed by atoms with Gasteiger partial charge in [-0.1, -0.05) is 17.3 Å². The summed E-state index contributed by atoms with van der Waals surface area (Å²) in [5.41, 5.74) is 2.42. The number of likely N-dealkylation sites (tertiary alicyclic amines) is 1. The Bertz CT molecular complexity index is 1010. The highest BCUT2D eigenvalue weighted by Gasteiger charge is 2.38. The first-order valence-corrected chi connectivity index (χ1v) is 9.66. The molecular weight excluding hydrogens is 388 g/mol. The lowest BCUT2D eigenvalue weighted by Gasteiger charge is -2.23. The first-order chi connectivity index (χ1) is 14.5. The van der Waals surface area contributed by atoms with Crippen LogP contribution in [0.5, 0.6) is 0 Å². The Balaban J connectivity index is 1.36. The predicted octanol–water partition coefficient (Wildman–Crippen LogP) is 1.46. The van der Waals surface area contributed by atoms with Crippen LogP contribution in [-0.2, 0) is 22.6 Å². The van der Waals surface area contributed by atoms with Crippen molar-refractivity contribution < 1.29 is 23.6 Å². The van der Waals surface area contributed by atoms with E-state index in [9.17, 15) is 14.7 Å². The number of nitrogens with one attached hydrogen (secondary N) is 1. The maximum atomic E-state index is 12.7. The molecule has 30 heavy (non-hydrogen) atoms. The second-order valence-corrected chi connectivity index (χ2v) is 7.31. The molecular formula is C21H22N4O5. The molecule has 1 saturated heterocycles. The van der Waals surface area contributed by atoms with E-state index < -0.39 is 12.1 Å². The zero-order valence-corrected chi connectivity index (χ0v) is 16.4. The standard InChI is InChI=1S/C21H22N4O5/c1-13-8-17(30-24-13)10-19(27)25-12-16(26)9-18(25)20(28)23-11-14-2-4-15(5-3-14)21-22-6-7-29-21/h2-8,16,18,26H,9-12H2,1H3,(H,23,28). The number of β-amino-alcohol motifs (C(OH)–C–C–N with tert-alkyl or cyclic N) is 1. The minimum absolute atomic E-state index is 0.000380. The molecule has 3 heterocycles. The van der Waals surface area contributed by atoms with Gasteiger partial charge in [-0.3, -0.25) is 9.59 Å². The number of hydrogen-bond acceptors (Lipinski definition) is 7. The summed E-state index contributed by atoms with van der Waals surface area (Å²) in [4.78, 5) is 30.9. The van der Waals surface area contributed by atoms with Gasteiger partial charge in [-0.15, -0.1) is 0 Å². The van der Waals surface area contributed by atoms with Gasteiger partial charge in [0, 0.05) is 31.1 Å². The van der Waals surface area contributed by atoms with Crippen molar-refractivity contribution in [3.05, 3.63) is 59.8 Å². The molecule has 2 N–H and O–H groups in total. The number of carbonyl (C=O) groups excluding carboxylic acids is 2. The third-order valence-corrected chi connectivity index (χ3v) is 5.00. The lowest BCUT2D eigenvalue weighted by molar-refractivity contribution is -0.138. The maximum Gasteiger partial charge on any atom is 0.243 e. The zero-order valence-electron chi connectivity index (χ0n) is 16.4. The van der Waals surface area contributed by atoms with Gasteiger partial charge in [-0.05, 0) is 24.6 Å². The third-order valence-electron chi connectivity index (χ3n) is 5.00. The van der Waals surface area contributed by atoms with Crippen LogP contribution in [0.15, 0.2) is 51.7 Å². The van der Waals surface area contributed by atoms with Crippen LogP contribution in [0.1, 0.15) is 23.4 Å². The SMILES string of the molecule is Cc1cc(CC(=O)N2CC(O)CC2C(=O)NCc2ccc(-c3ncco3)cc2)on1. The Morgan fingerprint density at radius 2 is 2.10 bits per heavy atom. The molecule has 2 atom stereocenters. The number of oxazole rings is 1. The summed E-state index contributed by atoms with van der Waals surface area (Å²) in [5.74, 6) is 0.384. The molecule has 0 radical (unpaired) electrons. The summed E-state index contributed by atoms with van der Waals surface area (Å²) in [5, 5.41) is 16.6. The fourth-order valence-corrected chi connectivity index (χ4v) is 3.53. The van der Waals surface area contributed by atoms with E-state index >= 15 is 0 Å². The Morgan fingerprint density at radius 3 is 2.77 bits per heavy atom. The molecule has 2 amide bonds. The van der Waals surface area contributed by atoms with E-state index in [0.29, 0.717) is 23.9 Å². The first kappa shape index (κ1) is 19.8. The van der Waals surface area contributed by atoms with Crippen LogP contribution >= 0.6 is 0 Å². The Kier molecular flexibility index (Phi) is 5.62. The number of benzene rings is 1. The molecule has 2 unspecified atom stereocenters. The molecule has 1 fully saturated rings. The van der Waals surface area contributed by atoms with Crippen molar-refractivity contribution in [1.29, 1.82) is 0 Å². The van der Waals surface area contributed by atoms with Gasteiger partial charge in [0.25, 0.3) is 0 Å². The molecule has 9 nitrogen and oxygen atoms in total. The van der Waals surface area contributed by atoms with Crippen LogP contribution in [-0.4, -0.2) is 50.7 Å². The fourth-order valence-electron chi connectivity index (χ4n) is 3.53. The molecule has 0 aliphatic carbocycles. The Hall–Kier alpha value is -3.46. The van der Waals surface area contributed by atoms with Crippen molar-refractivity contribution in [3.63, 3.8) is 0 Å². The van der Waals surface area contributed by atoms with Crippen molar-refractivity contribution in [2.24, 2.45) is 0 Å².